The maximum Gasteiger partial charge on any atom is 0.123 e. The summed E-state index contributed by atoms with van der Waals surface area (Å²) in [6, 6.07) is 5.33. The number of rotatable bonds is 1. The molecule has 1 saturated carbocycles. The van der Waals surface area contributed by atoms with Crippen molar-refractivity contribution in [1.29, 1.82) is 0 Å². The van der Waals surface area contributed by atoms with Crippen molar-refractivity contribution < 1.29 is 4.39 Å². The van der Waals surface area contributed by atoms with Crippen LogP contribution in [-0.2, 0) is 0 Å². The molecule has 0 radical (unpaired) electrons. The summed E-state index contributed by atoms with van der Waals surface area (Å²) in [5.41, 5.74) is 8.93. The third-order valence-electron chi connectivity index (χ3n) is 4.76. The lowest BCUT2D eigenvalue weighted by Crippen LogP contribution is -2.38. The second-order valence-electron chi connectivity index (χ2n) is 7.15. The third-order valence-corrected chi connectivity index (χ3v) is 4.76. The molecule has 1 aromatic rings. The van der Waals surface area contributed by atoms with E-state index in [0.717, 1.165) is 18.4 Å². The summed E-state index contributed by atoms with van der Waals surface area (Å²) in [5, 5.41) is 0. The second-order valence-corrected chi connectivity index (χ2v) is 7.15. The number of aryl methyl sites for hydroxylation is 1. The van der Waals surface area contributed by atoms with E-state index in [1.807, 2.05) is 13.0 Å². The van der Waals surface area contributed by atoms with Crippen molar-refractivity contribution in [3.05, 3.63) is 35.1 Å². The summed E-state index contributed by atoms with van der Waals surface area (Å²) in [4.78, 5) is 0. The van der Waals surface area contributed by atoms with Gasteiger partial charge in [0.2, 0.25) is 0 Å². The molecule has 19 heavy (non-hydrogen) atoms. The lowest BCUT2D eigenvalue weighted by molar-refractivity contribution is 0.153. The van der Waals surface area contributed by atoms with Gasteiger partial charge in [0.1, 0.15) is 5.82 Å². The summed E-state index contributed by atoms with van der Waals surface area (Å²) < 4.78 is 13.2. The first-order valence-corrected chi connectivity index (χ1v) is 7.30. The highest BCUT2D eigenvalue weighted by atomic mass is 19.1. The van der Waals surface area contributed by atoms with Crippen molar-refractivity contribution in [1.82, 2.24) is 0 Å². The van der Waals surface area contributed by atoms with E-state index >= 15 is 0 Å². The van der Waals surface area contributed by atoms with Gasteiger partial charge in [-0.3, -0.25) is 0 Å². The van der Waals surface area contributed by atoms with Gasteiger partial charge >= 0.3 is 0 Å². The van der Waals surface area contributed by atoms with E-state index in [1.54, 1.807) is 12.1 Å². The summed E-state index contributed by atoms with van der Waals surface area (Å²) in [6.07, 6.45) is 3.40. The zero-order valence-electron chi connectivity index (χ0n) is 12.5. The molecule has 0 aliphatic heterocycles. The van der Waals surface area contributed by atoms with E-state index in [-0.39, 0.29) is 11.9 Å². The van der Waals surface area contributed by atoms with Crippen LogP contribution in [0.3, 0.4) is 0 Å². The lowest BCUT2D eigenvalue weighted by Gasteiger charge is -2.41. The van der Waals surface area contributed by atoms with Crippen LogP contribution in [0.4, 0.5) is 4.39 Å². The molecule has 3 atom stereocenters. The molecular formula is C17H26FN. The number of halogens is 1. The first-order valence-electron chi connectivity index (χ1n) is 7.30. The van der Waals surface area contributed by atoms with E-state index in [9.17, 15) is 4.39 Å². The van der Waals surface area contributed by atoms with Gasteiger partial charge in [0.15, 0.2) is 0 Å². The first-order chi connectivity index (χ1) is 8.79. The topological polar surface area (TPSA) is 26.0 Å². The summed E-state index contributed by atoms with van der Waals surface area (Å²) in [7, 11) is 0. The fourth-order valence-corrected chi connectivity index (χ4v) is 3.39. The Morgan fingerprint density at radius 1 is 1.21 bits per heavy atom. The van der Waals surface area contributed by atoms with Gasteiger partial charge in [-0.2, -0.15) is 0 Å². The molecule has 0 heterocycles. The van der Waals surface area contributed by atoms with E-state index < -0.39 is 0 Å². The fraction of sp³-hybridized carbons (Fsp3) is 0.647. The van der Waals surface area contributed by atoms with Gasteiger partial charge in [-0.25, -0.2) is 4.39 Å². The number of nitrogens with two attached hydrogens (primary N) is 1. The highest BCUT2D eigenvalue weighted by molar-refractivity contribution is 5.31. The Hall–Kier alpha value is -0.890. The van der Waals surface area contributed by atoms with Crippen LogP contribution < -0.4 is 5.73 Å². The Kier molecular flexibility index (Phi) is 4.00. The van der Waals surface area contributed by atoms with Crippen LogP contribution in [0, 0.1) is 24.1 Å². The Morgan fingerprint density at radius 3 is 2.47 bits per heavy atom. The number of benzene rings is 1. The van der Waals surface area contributed by atoms with Gasteiger partial charge < -0.3 is 5.73 Å². The van der Waals surface area contributed by atoms with Crippen LogP contribution in [0.1, 0.15) is 57.1 Å². The van der Waals surface area contributed by atoms with Crippen molar-refractivity contribution in [2.24, 2.45) is 17.1 Å². The van der Waals surface area contributed by atoms with Gasteiger partial charge in [0.25, 0.3) is 0 Å². The highest BCUT2D eigenvalue weighted by Crippen LogP contribution is 2.44. The molecule has 106 valence electrons. The Morgan fingerprint density at radius 2 is 1.89 bits per heavy atom. The first kappa shape index (κ1) is 14.5. The Labute approximate surface area is 116 Å². The Bertz CT molecular complexity index is 447. The lowest BCUT2D eigenvalue weighted by atomic mass is 9.66. The zero-order chi connectivity index (χ0) is 14.2. The standard InChI is InChI=1S/C17H26FN/c1-11-9-13(18)6-7-14(11)15-10-12(17(2,3)4)5-8-16(15)19/h6-7,9,12,15-16H,5,8,10,19H2,1-4H3. The van der Waals surface area contributed by atoms with E-state index in [4.69, 9.17) is 5.73 Å². The summed E-state index contributed by atoms with van der Waals surface area (Å²) >= 11 is 0. The predicted molar refractivity (Wildman–Crippen MR) is 78.6 cm³/mol. The van der Waals surface area contributed by atoms with E-state index in [2.05, 4.69) is 20.8 Å². The molecule has 1 aromatic carbocycles. The molecule has 0 amide bonds. The summed E-state index contributed by atoms with van der Waals surface area (Å²) in [6.45, 7) is 8.92. The smallest absolute Gasteiger partial charge is 0.123 e. The van der Waals surface area contributed by atoms with Gasteiger partial charge in [0, 0.05) is 6.04 Å². The fourth-order valence-electron chi connectivity index (χ4n) is 3.39. The number of hydrogen-bond acceptors (Lipinski definition) is 1. The molecule has 1 fully saturated rings. The van der Waals surface area contributed by atoms with Crippen LogP contribution in [0.25, 0.3) is 0 Å². The van der Waals surface area contributed by atoms with Crippen LogP contribution in [0.15, 0.2) is 18.2 Å². The molecule has 2 N–H and O–H groups in total. The maximum atomic E-state index is 13.2. The minimum absolute atomic E-state index is 0.155. The van der Waals surface area contributed by atoms with E-state index in [0.29, 0.717) is 17.3 Å². The van der Waals surface area contributed by atoms with Crippen molar-refractivity contribution in [2.75, 3.05) is 0 Å². The third kappa shape index (κ3) is 3.17. The molecule has 0 bridgehead atoms. The minimum Gasteiger partial charge on any atom is -0.327 e. The van der Waals surface area contributed by atoms with Crippen LogP contribution >= 0.6 is 0 Å². The molecule has 0 spiro atoms. The largest absolute Gasteiger partial charge is 0.327 e. The van der Waals surface area contributed by atoms with Gasteiger partial charge in [-0.05, 0) is 66.7 Å². The molecular weight excluding hydrogens is 237 g/mol. The monoisotopic (exact) mass is 263 g/mol. The average molecular weight is 263 g/mol. The normalized spacial score (nSPS) is 28.4. The highest BCUT2D eigenvalue weighted by Gasteiger charge is 2.35. The summed E-state index contributed by atoms with van der Waals surface area (Å²) in [5.74, 6) is 0.915. The second kappa shape index (κ2) is 5.24. The minimum atomic E-state index is -0.155. The van der Waals surface area contributed by atoms with Crippen LogP contribution in [0.5, 0.6) is 0 Å². The van der Waals surface area contributed by atoms with Gasteiger partial charge in [-0.15, -0.1) is 0 Å². The molecule has 1 aliphatic rings. The quantitative estimate of drug-likeness (QED) is 0.799. The SMILES string of the molecule is Cc1cc(F)ccc1C1CC(C(C)(C)C)CCC1N. The van der Waals surface area contributed by atoms with Crippen molar-refractivity contribution in [3.63, 3.8) is 0 Å². The predicted octanol–water partition coefficient (Wildman–Crippen LogP) is 4.39. The molecule has 1 aliphatic carbocycles. The number of hydrogen-bond donors (Lipinski definition) is 1. The van der Waals surface area contributed by atoms with Crippen LogP contribution in [-0.4, -0.2) is 6.04 Å². The molecule has 2 rings (SSSR count). The van der Waals surface area contributed by atoms with Crippen molar-refractivity contribution in [2.45, 2.75) is 58.9 Å². The van der Waals surface area contributed by atoms with Crippen molar-refractivity contribution >= 4 is 0 Å². The molecule has 1 nitrogen and oxygen atoms in total. The zero-order valence-corrected chi connectivity index (χ0v) is 12.5. The molecule has 2 heteroatoms. The van der Waals surface area contributed by atoms with E-state index in [1.165, 1.54) is 12.0 Å². The molecule has 0 saturated heterocycles. The van der Waals surface area contributed by atoms with Crippen LogP contribution in [0.2, 0.25) is 0 Å². The Balaban J connectivity index is 2.26. The average Bonchev–Trinajstić information content (AvgIpc) is 2.29. The molecule has 3 unspecified atom stereocenters. The van der Waals surface area contributed by atoms with Gasteiger partial charge in [-0.1, -0.05) is 26.8 Å². The van der Waals surface area contributed by atoms with Gasteiger partial charge in [0.05, 0.1) is 0 Å². The maximum absolute atomic E-state index is 13.2. The molecule has 0 aromatic heterocycles. The van der Waals surface area contributed by atoms with Crippen molar-refractivity contribution in [3.8, 4) is 0 Å².